The van der Waals surface area contributed by atoms with Crippen molar-refractivity contribution in [2.45, 2.75) is 51.0 Å². The molecule has 4 N–H and O–H groups in total. The highest BCUT2D eigenvalue weighted by Gasteiger charge is 2.43. The van der Waals surface area contributed by atoms with E-state index in [4.69, 9.17) is 23.2 Å². The van der Waals surface area contributed by atoms with Crippen LogP contribution in [0.25, 0.3) is 11.0 Å². The Bertz CT molecular complexity index is 788. The molecule has 1 aromatic heterocycles. The lowest BCUT2D eigenvalue weighted by molar-refractivity contribution is -0.00347. The largest absolute Gasteiger partial charge is 0.396 e. The van der Waals surface area contributed by atoms with Crippen molar-refractivity contribution in [3.63, 3.8) is 0 Å². The summed E-state index contributed by atoms with van der Waals surface area (Å²) >= 11 is 12.3. The molecule has 6 nitrogen and oxygen atoms in total. The molecular formula is C17H23Cl2N3O3. The number of imidazole rings is 1. The van der Waals surface area contributed by atoms with Gasteiger partial charge in [-0.1, -0.05) is 23.2 Å². The standard InChI is InChI=1S/C17H23Cl2N3O3/c1-17(2,3)21-16-20-11-5-9(18)10(19)6-12(11)22(16)13-4-8(7-23)14(24)15(13)25/h5-6,8,13-15,23-25H,4,7H2,1-3H3,(H,20,21)/t8-,13-,14-,15+/m0/s1. The summed E-state index contributed by atoms with van der Waals surface area (Å²) < 4.78 is 1.85. The number of anilines is 1. The minimum atomic E-state index is -1.01. The maximum Gasteiger partial charge on any atom is 0.204 e. The first-order valence-corrected chi connectivity index (χ1v) is 9.00. The fourth-order valence-electron chi connectivity index (χ4n) is 3.39. The topological polar surface area (TPSA) is 90.5 Å². The van der Waals surface area contributed by atoms with Gasteiger partial charge in [0.15, 0.2) is 0 Å². The second-order valence-electron chi connectivity index (χ2n) is 7.66. The molecule has 138 valence electrons. The van der Waals surface area contributed by atoms with Crippen LogP contribution in [0, 0.1) is 5.92 Å². The molecule has 1 fully saturated rings. The quantitative estimate of drug-likeness (QED) is 0.649. The van der Waals surface area contributed by atoms with Gasteiger partial charge in [0.05, 0.1) is 33.2 Å². The summed E-state index contributed by atoms with van der Waals surface area (Å²) in [5, 5.41) is 34.3. The number of aromatic nitrogens is 2. The molecule has 0 bridgehead atoms. The molecule has 8 heteroatoms. The zero-order valence-electron chi connectivity index (χ0n) is 14.4. The Labute approximate surface area is 156 Å². The monoisotopic (exact) mass is 387 g/mol. The highest BCUT2D eigenvalue weighted by Crippen LogP contribution is 2.41. The van der Waals surface area contributed by atoms with E-state index in [-0.39, 0.29) is 18.1 Å². The van der Waals surface area contributed by atoms with Gasteiger partial charge in [0.2, 0.25) is 5.95 Å². The van der Waals surface area contributed by atoms with Gasteiger partial charge >= 0.3 is 0 Å². The van der Waals surface area contributed by atoms with Crippen LogP contribution in [0.15, 0.2) is 12.1 Å². The van der Waals surface area contributed by atoms with Crippen LogP contribution in [0.4, 0.5) is 5.95 Å². The summed E-state index contributed by atoms with van der Waals surface area (Å²) in [7, 11) is 0. The number of hydrogen-bond acceptors (Lipinski definition) is 5. The molecule has 0 unspecified atom stereocenters. The predicted octanol–water partition coefficient (Wildman–Crippen LogP) is 2.83. The smallest absolute Gasteiger partial charge is 0.204 e. The van der Waals surface area contributed by atoms with Crippen molar-refractivity contribution in [1.82, 2.24) is 9.55 Å². The first-order valence-electron chi connectivity index (χ1n) is 8.24. The number of aliphatic hydroxyl groups is 3. The first-order chi connectivity index (χ1) is 11.6. The van der Waals surface area contributed by atoms with Gasteiger partial charge in [-0.2, -0.15) is 0 Å². The minimum Gasteiger partial charge on any atom is -0.396 e. The van der Waals surface area contributed by atoms with Gasteiger partial charge in [-0.15, -0.1) is 0 Å². The Morgan fingerprint density at radius 2 is 1.84 bits per heavy atom. The third-order valence-electron chi connectivity index (χ3n) is 4.56. The molecule has 1 saturated carbocycles. The average Bonchev–Trinajstić information content (AvgIpc) is 2.96. The Morgan fingerprint density at radius 1 is 1.20 bits per heavy atom. The lowest BCUT2D eigenvalue weighted by Crippen LogP contribution is -2.32. The zero-order chi connectivity index (χ0) is 18.5. The highest BCUT2D eigenvalue weighted by atomic mass is 35.5. The van der Waals surface area contributed by atoms with Gasteiger partial charge in [-0.3, -0.25) is 0 Å². The summed E-state index contributed by atoms with van der Waals surface area (Å²) in [6, 6.07) is 2.97. The molecule has 1 aliphatic rings. The Hall–Kier alpha value is -1.05. The van der Waals surface area contributed by atoms with Crippen molar-refractivity contribution in [2.24, 2.45) is 5.92 Å². The summed E-state index contributed by atoms with van der Waals surface area (Å²) in [6.07, 6.45) is -1.56. The van der Waals surface area contributed by atoms with Gasteiger partial charge < -0.3 is 25.2 Å². The van der Waals surface area contributed by atoms with Crippen molar-refractivity contribution in [2.75, 3.05) is 11.9 Å². The van der Waals surface area contributed by atoms with Crippen molar-refractivity contribution in [3.8, 4) is 0 Å². The maximum atomic E-state index is 10.5. The van der Waals surface area contributed by atoms with Crippen LogP contribution < -0.4 is 5.32 Å². The molecule has 0 aliphatic heterocycles. The lowest BCUT2D eigenvalue weighted by Gasteiger charge is -2.26. The molecular weight excluding hydrogens is 365 g/mol. The van der Waals surface area contributed by atoms with E-state index in [9.17, 15) is 15.3 Å². The van der Waals surface area contributed by atoms with Crippen LogP contribution in [-0.2, 0) is 0 Å². The van der Waals surface area contributed by atoms with E-state index in [2.05, 4.69) is 10.3 Å². The molecule has 0 spiro atoms. The van der Waals surface area contributed by atoms with Crippen molar-refractivity contribution in [1.29, 1.82) is 0 Å². The zero-order valence-corrected chi connectivity index (χ0v) is 15.9. The fraction of sp³-hybridized carbons (Fsp3) is 0.588. The molecule has 1 aromatic carbocycles. The average molecular weight is 388 g/mol. The number of nitrogens with zero attached hydrogens (tertiary/aromatic N) is 2. The highest BCUT2D eigenvalue weighted by molar-refractivity contribution is 6.42. The number of halogens is 2. The number of hydrogen-bond donors (Lipinski definition) is 4. The molecule has 2 aromatic rings. The van der Waals surface area contributed by atoms with E-state index in [1.54, 1.807) is 12.1 Å². The molecule has 0 amide bonds. The summed E-state index contributed by atoms with van der Waals surface area (Å²) in [6.45, 7) is 5.84. The van der Waals surface area contributed by atoms with Crippen LogP contribution >= 0.6 is 23.2 Å². The van der Waals surface area contributed by atoms with E-state index in [0.29, 0.717) is 27.9 Å². The lowest BCUT2D eigenvalue weighted by atomic mass is 10.1. The number of fused-ring (bicyclic) bond motifs is 1. The SMILES string of the molecule is CC(C)(C)Nc1nc2cc(Cl)c(Cl)cc2n1[C@H]1C[C@@H](CO)[C@H](O)[C@@H]1O. The van der Waals surface area contributed by atoms with Crippen molar-refractivity contribution >= 4 is 40.2 Å². The van der Waals surface area contributed by atoms with Crippen LogP contribution in [0.2, 0.25) is 10.0 Å². The molecule has 1 aliphatic carbocycles. The molecule has 4 atom stereocenters. The number of rotatable bonds is 3. The van der Waals surface area contributed by atoms with Gasteiger partial charge in [0.1, 0.15) is 6.10 Å². The summed E-state index contributed by atoms with van der Waals surface area (Å²) in [5.41, 5.74) is 1.11. The van der Waals surface area contributed by atoms with Gasteiger partial charge in [-0.25, -0.2) is 4.98 Å². The van der Waals surface area contributed by atoms with Crippen molar-refractivity contribution in [3.05, 3.63) is 22.2 Å². The second kappa shape index (κ2) is 6.59. The summed E-state index contributed by atoms with van der Waals surface area (Å²) in [5.74, 6) is 0.179. The van der Waals surface area contributed by atoms with Crippen LogP contribution in [0.5, 0.6) is 0 Å². The molecule has 3 rings (SSSR count). The number of benzene rings is 1. The second-order valence-corrected chi connectivity index (χ2v) is 8.48. The summed E-state index contributed by atoms with van der Waals surface area (Å²) in [4.78, 5) is 4.61. The van der Waals surface area contributed by atoms with Crippen LogP contribution in [0.1, 0.15) is 33.2 Å². The number of nitrogens with one attached hydrogen (secondary N) is 1. The van der Waals surface area contributed by atoms with E-state index in [1.807, 2.05) is 25.3 Å². The molecule has 25 heavy (non-hydrogen) atoms. The maximum absolute atomic E-state index is 10.5. The minimum absolute atomic E-state index is 0.185. The van der Waals surface area contributed by atoms with E-state index >= 15 is 0 Å². The van der Waals surface area contributed by atoms with E-state index in [1.165, 1.54) is 0 Å². The molecule has 1 heterocycles. The Balaban J connectivity index is 2.17. The Morgan fingerprint density at radius 3 is 2.40 bits per heavy atom. The molecule has 0 saturated heterocycles. The number of aliphatic hydroxyl groups excluding tert-OH is 3. The van der Waals surface area contributed by atoms with E-state index in [0.717, 1.165) is 5.52 Å². The van der Waals surface area contributed by atoms with E-state index < -0.39 is 18.2 Å². The normalized spacial score (nSPS) is 27.2. The third kappa shape index (κ3) is 3.46. The van der Waals surface area contributed by atoms with Crippen LogP contribution in [0.3, 0.4) is 0 Å². The van der Waals surface area contributed by atoms with Gasteiger partial charge in [-0.05, 0) is 39.3 Å². The first kappa shape index (κ1) is 18.7. The third-order valence-corrected chi connectivity index (χ3v) is 5.28. The van der Waals surface area contributed by atoms with Crippen molar-refractivity contribution < 1.29 is 15.3 Å². The molecule has 0 radical (unpaired) electrons. The van der Waals surface area contributed by atoms with Crippen LogP contribution in [-0.4, -0.2) is 49.2 Å². The van der Waals surface area contributed by atoms with Gasteiger partial charge in [0.25, 0.3) is 0 Å². The van der Waals surface area contributed by atoms with Gasteiger partial charge in [0, 0.05) is 18.1 Å². The fourth-order valence-corrected chi connectivity index (χ4v) is 3.70. The predicted molar refractivity (Wildman–Crippen MR) is 99.4 cm³/mol. The Kier molecular flexibility index (Phi) is 4.94.